The molecule has 0 radical (unpaired) electrons. The molecule has 0 unspecified atom stereocenters. The summed E-state index contributed by atoms with van der Waals surface area (Å²) in [6.07, 6.45) is 8.33. The number of ether oxygens (including phenoxy) is 2. The molecular formula is C26H42N2O4. The van der Waals surface area contributed by atoms with Crippen LogP contribution in [0.4, 0.5) is 4.79 Å². The van der Waals surface area contributed by atoms with Gasteiger partial charge in [0.25, 0.3) is 0 Å². The molecule has 1 aromatic carbocycles. The molecule has 1 aliphatic rings. The van der Waals surface area contributed by atoms with Crippen molar-refractivity contribution in [3.8, 4) is 5.75 Å². The maximum Gasteiger partial charge on any atom is 0.410 e. The molecule has 1 amide bonds. The average molecular weight is 447 g/mol. The van der Waals surface area contributed by atoms with Crippen LogP contribution in [-0.4, -0.2) is 35.7 Å². The number of Topliss-reactive ketones (excluding diaryl/α,β-unsaturated/α-hetero) is 1. The molecule has 0 atom stereocenters. The lowest BCUT2D eigenvalue weighted by atomic mass is 10.1. The second-order valence-electron chi connectivity index (χ2n) is 8.59. The van der Waals surface area contributed by atoms with E-state index in [0.717, 1.165) is 23.3 Å². The summed E-state index contributed by atoms with van der Waals surface area (Å²) in [6.45, 7) is 16.4. The van der Waals surface area contributed by atoms with Gasteiger partial charge in [0.15, 0.2) is 0 Å². The number of benzene rings is 1. The SMILES string of the molecule is C/C=C\N=CCCC.CCC(C)=O.COc1cc2c(cc1C)CN(C(=O)OC(C)(C)C)C2. The van der Waals surface area contributed by atoms with Crippen LogP contribution in [0.2, 0.25) is 0 Å². The van der Waals surface area contributed by atoms with E-state index >= 15 is 0 Å². The maximum atomic E-state index is 12.0. The minimum absolute atomic E-state index is 0.255. The molecule has 180 valence electrons. The number of nitrogens with zero attached hydrogens (tertiary/aromatic N) is 2. The van der Waals surface area contributed by atoms with E-state index in [9.17, 15) is 9.59 Å². The van der Waals surface area contributed by atoms with E-state index in [2.05, 4.69) is 18.0 Å². The number of hydrogen-bond acceptors (Lipinski definition) is 5. The summed E-state index contributed by atoms with van der Waals surface area (Å²) in [4.78, 5) is 27.5. The number of carbonyl (C=O) groups excluding carboxylic acids is 2. The molecule has 2 rings (SSSR count). The molecule has 0 aromatic heterocycles. The minimum Gasteiger partial charge on any atom is -0.496 e. The Morgan fingerprint density at radius 3 is 2.16 bits per heavy atom. The molecule has 1 aliphatic heterocycles. The smallest absolute Gasteiger partial charge is 0.410 e. The van der Waals surface area contributed by atoms with Gasteiger partial charge < -0.3 is 14.3 Å². The summed E-state index contributed by atoms with van der Waals surface area (Å²) in [5.74, 6) is 1.12. The third kappa shape index (κ3) is 12.3. The van der Waals surface area contributed by atoms with Crippen LogP contribution in [0.5, 0.6) is 5.75 Å². The van der Waals surface area contributed by atoms with E-state index in [1.54, 1.807) is 25.1 Å². The van der Waals surface area contributed by atoms with Gasteiger partial charge in [0.05, 0.1) is 7.11 Å². The van der Waals surface area contributed by atoms with Crippen LogP contribution in [0.1, 0.15) is 84.4 Å². The van der Waals surface area contributed by atoms with E-state index in [1.165, 1.54) is 12.0 Å². The van der Waals surface area contributed by atoms with Crippen molar-refractivity contribution in [2.75, 3.05) is 7.11 Å². The van der Waals surface area contributed by atoms with Crippen molar-refractivity contribution in [1.82, 2.24) is 4.90 Å². The number of ketones is 1. The molecular weight excluding hydrogens is 404 g/mol. The summed E-state index contributed by atoms with van der Waals surface area (Å²) in [5, 5.41) is 0. The van der Waals surface area contributed by atoms with Crippen LogP contribution < -0.4 is 4.74 Å². The highest BCUT2D eigenvalue weighted by Crippen LogP contribution is 2.30. The Kier molecular flexibility index (Phi) is 14.0. The van der Waals surface area contributed by atoms with E-state index in [0.29, 0.717) is 19.5 Å². The lowest BCUT2D eigenvalue weighted by molar-refractivity contribution is -0.116. The number of carbonyl (C=O) groups is 2. The second kappa shape index (κ2) is 15.2. The number of allylic oxidation sites excluding steroid dienone is 1. The Balaban J connectivity index is 0.000000613. The zero-order chi connectivity index (χ0) is 24.7. The fraction of sp³-hybridized carbons (Fsp3) is 0.577. The van der Waals surface area contributed by atoms with Crippen molar-refractivity contribution < 1.29 is 19.1 Å². The first-order valence-electron chi connectivity index (χ1n) is 11.2. The first-order chi connectivity index (χ1) is 15.0. The minimum atomic E-state index is -0.459. The van der Waals surface area contributed by atoms with E-state index in [1.807, 2.05) is 59.9 Å². The lowest BCUT2D eigenvalue weighted by Crippen LogP contribution is -2.33. The number of rotatable bonds is 5. The van der Waals surface area contributed by atoms with Gasteiger partial charge in [0.2, 0.25) is 0 Å². The molecule has 0 spiro atoms. The number of aliphatic imine (C=N–C) groups is 1. The van der Waals surface area contributed by atoms with Crippen molar-refractivity contribution in [3.05, 3.63) is 41.1 Å². The third-order valence-electron chi connectivity index (χ3n) is 4.35. The van der Waals surface area contributed by atoms with Crippen molar-refractivity contribution in [3.63, 3.8) is 0 Å². The van der Waals surface area contributed by atoms with Gasteiger partial charge in [0, 0.05) is 31.9 Å². The monoisotopic (exact) mass is 446 g/mol. The van der Waals surface area contributed by atoms with Gasteiger partial charge in [0.1, 0.15) is 17.1 Å². The van der Waals surface area contributed by atoms with Gasteiger partial charge in [-0.2, -0.15) is 0 Å². The van der Waals surface area contributed by atoms with Crippen molar-refractivity contribution >= 4 is 18.1 Å². The van der Waals surface area contributed by atoms with E-state index in [-0.39, 0.29) is 11.9 Å². The predicted molar refractivity (Wildman–Crippen MR) is 132 cm³/mol. The number of methoxy groups -OCH3 is 1. The van der Waals surface area contributed by atoms with Gasteiger partial charge in [-0.1, -0.05) is 32.4 Å². The third-order valence-corrected chi connectivity index (χ3v) is 4.35. The van der Waals surface area contributed by atoms with Crippen molar-refractivity contribution in [1.29, 1.82) is 0 Å². The molecule has 0 N–H and O–H groups in total. The molecule has 6 nitrogen and oxygen atoms in total. The van der Waals surface area contributed by atoms with Gasteiger partial charge >= 0.3 is 6.09 Å². The topological polar surface area (TPSA) is 68.2 Å². The molecule has 0 aliphatic carbocycles. The van der Waals surface area contributed by atoms with Gasteiger partial charge in [-0.3, -0.25) is 9.89 Å². The van der Waals surface area contributed by atoms with Crippen LogP contribution >= 0.6 is 0 Å². The molecule has 0 fully saturated rings. The number of unbranched alkanes of at least 4 members (excludes halogenated alkanes) is 1. The van der Waals surface area contributed by atoms with Crippen LogP contribution in [0.15, 0.2) is 29.4 Å². The Hall–Kier alpha value is -2.63. The van der Waals surface area contributed by atoms with Gasteiger partial charge in [-0.15, -0.1) is 0 Å². The normalized spacial score (nSPS) is 12.6. The van der Waals surface area contributed by atoms with Gasteiger partial charge in [-0.05, 0) is 70.7 Å². The molecule has 1 heterocycles. The summed E-state index contributed by atoms with van der Waals surface area (Å²) in [7, 11) is 1.66. The Bertz CT molecular complexity index is 777. The average Bonchev–Trinajstić information content (AvgIpc) is 3.13. The number of amides is 1. The zero-order valence-corrected chi connectivity index (χ0v) is 21.4. The van der Waals surface area contributed by atoms with E-state index in [4.69, 9.17) is 9.47 Å². The fourth-order valence-electron chi connectivity index (χ4n) is 2.58. The lowest BCUT2D eigenvalue weighted by Gasteiger charge is -2.24. The first-order valence-corrected chi connectivity index (χ1v) is 11.2. The maximum absolute atomic E-state index is 12.0. The van der Waals surface area contributed by atoms with Crippen molar-refractivity contribution in [2.45, 2.75) is 93.3 Å². The van der Waals surface area contributed by atoms with Gasteiger partial charge in [-0.25, -0.2) is 4.79 Å². The highest BCUT2D eigenvalue weighted by Gasteiger charge is 2.28. The summed E-state index contributed by atoms with van der Waals surface area (Å²) >= 11 is 0. The standard InChI is InChI=1S/C15H21NO3.C7H13N.C4H8O/c1-10-6-11-8-16(14(17)19-15(2,3)4)9-12(11)7-13(10)18-5;1-3-5-7-8-6-4-2;1-3-4(2)5/h6-7H,8-9H2,1-5H3;4,6-7H,3,5H2,1-2H3;3H2,1-2H3/b;6-4-,8-7?;. The molecule has 0 saturated carbocycles. The Morgan fingerprint density at radius 1 is 1.16 bits per heavy atom. The van der Waals surface area contributed by atoms with Crippen LogP contribution in [-0.2, 0) is 22.6 Å². The molecule has 1 aromatic rings. The van der Waals surface area contributed by atoms with Crippen LogP contribution in [0.25, 0.3) is 0 Å². The predicted octanol–water partition coefficient (Wildman–Crippen LogP) is 6.63. The summed E-state index contributed by atoms with van der Waals surface area (Å²) in [5.41, 5.74) is 2.93. The molecule has 6 heteroatoms. The van der Waals surface area contributed by atoms with Crippen molar-refractivity contribution in [2.24, 2.45) is 4.99 Å². The van der Waals surface area contributed by atoms with Crippen LogP contribution in [0.3, 0.4) is 0 Å². The number of fused-ring (bicyclic) bond motifs is 1. The molecule has 32 heavy (non-hydrogen) atoms. The molecule has 0 bridgehead atoms. The number of aryl methyl sites for hydroxylation is 1. The van der Waals surface area contributed by atoms with E-state index < -0.39 is 5.60 Å². The zero-order valence-electron chi connectivity index (χ0n) is 21.4. The summed E-state index contributed by atoms with van der Waals surface area (Å²) in [6, 6.07) is 4.09. The highest BCUT2D eigenvalue weighted by molar-refractivity contribution is 5.74. The summed E-state index contributed by atoms with van der Waals surface area (Å²) < 4.78 is 10.7. The quantitative estimate of drug-likeness (QED) is 0.476. The fourth-order valence-corrected chi connectivity index (χ4v) is 2.58. The molecule has 0 saturated heterocycles. The number of hydrogen-bond donors (Lipinski definition) is 0. The first kappa shape index (κ1) is 29.4. The largest absolute Gasteiger partial charge is 0.496 e. The Labute approximate surface area is 194 Å². The second-order valence-corrected chi connectivity index (χ2v) is 8.59. The van der Waals surface area contributed by atoms with Crippen LogP contribution in [0, 0.1) is 6.92 Å². The Morgan fingerprint density at radius 2 is 1.72 bits per heavy atom. The highest BCUT2D eigenvalue weighted by atomic mass is 16.6.